The first kappa shape index (κ1) is 20.1. The highest BCUT2D eigenvalue weighted by atomic mass is 35.5. The van der Waals surface area contributed by atoms with Gasteiger partial charge in [-0.3, -0.25) is 9.59 Å². The molecule has 0 spiro atoms. The third kappa shape index (κ3) is 3.94. The van der Waals surface area contributed by atoms with E-state index in [1.165, 1.54) is 11.3 Å². The van der Waals surface area contributed by atoms with Crippen LogP contribution in [-0.4, -0.2) is 23.0 Å². The Balaban J connectivity index is 1.67. The van der Waals surface area contributed by atoms with E-state index in [4.69, 9.17) is 16.3 Å². The number of aryl methyl sites for hydroxylation is 1. The van der Waals surface area contributed by atoms with Gasteiger partial charge in [0.2, 0.25) is 0 Å². The smallest absolute Gasteiger partial charge is 0.266 e. The van der Waals surface area contributed by atoms with Gasteiger partial charge < -0.3 is 15.0 Å². The van der Waals surface area contributed by atoms with Crippen molar-refractivity contribution in [3.05, 3.63) is 85.7 Å². The maximum atomic E-state index is 12.9. The zero-order chi connectivity index (χ0) is 21.3. The number of H-pyrrole nitrogens is 1. The zero-order valence-electron chi connectivity index (χ0n) is 16.3. The number of nitrogens with one attached hydrogen (secondary N) is 2. The lowest BCUT2D eigenvalue weighted by Gasteiger charge is -2.09. The number of para-hydroxylation sites is 2. The van der Waals surface area contributed by atoms with Gasteiger partial charge in [-0.1, -0.05) is 35.9 Å². The average molecular weight is 440 g/mol. The van der Waals surface area contributed by atoms with E-state index in [1.54, 1.807) is 38.3 Å². The van der Waals surface area contributed by atoms with Gasteiger partial charge in [0.15, 0.2) is 0 Å². The maximum absolute atomic E-state index is 12.9. The lowest BCUT2D eigenvalue weighted by molar-refractivity contribution is 0.102. The molecule has 4 rings (SSSR count). The molecule has 1 amide bonds. The standard InChI is InChI=1S/C22H18ClN3O3S/c1-12-18-20(27)25-17(11-13-7-9-14(23)10-8-13)26-22(18)30-19(12)21(28)24-15-5-3-4-6-16(15)29-2/h3-10H,11H2,1-2H3,(H,24,28)(H,25,26,27). The number of aromatic nitrogens is 2. The number of thiophene rings is 1. The van der Waals surface area contributed by atoms with Crippen molar-refractivity contribution >= 4 is 44.7 Å². The van der Waals surface area contributed by atoms with Crippen LogP contribution in [0.4, 0.5) is 5.69 Å². The molecule has 0 aliphatic rings. The number of anilines is 1. The lowest BCUT2D eigenvalue weighted by Crippen LogP contribution is -2.14. The predicted molar refractivity (Wildman–Crippen MR) is 120 cm³/mol. The Morgan fingerprint density at radius 2 is 1.93 bits per heavy atom. The Bertz CT molecular complexity index is 1300. The molecule has 0 bridgehead atoms. The Kier molecular flexibility index (Phi) is 5.57. The molecule has 152 valence electrons. The average Bonchev–Trinajstić information content (AvgIpc) is 3.07. The van der Waals surface area contributed by atoms with E-state index >= 15 is 0 Å². The lowest BCUT2D eigenvalue weighted by atomic mass is 10.1. The molecule has 30 heavy (non-hydrogen) atoms. The number of rotatable bonds is 5. The highest BCUT2D eigenvalue weighted by Gasteiger charge is 2.20. The van der Waals surface area contributed by atoms with Crippen molar-refractivity contribution in [2.75, 3.05) is 12.4 Å². The van der Waals surface area contributed by atoms with Gasteiger partial charge in [0.1, 0.15) is 16.4 Å². The quantitative estimate of drug-likeness (QED) is 0.468. The van der Waals surface area contributed by atoms with E-state index in [0.29, 0.717) is 49.4 Å². The second-order valence-corrected chi connectivity index (χ2v) is 8.14. The van der Waals surface area contributed by atoms with Crippen molar-refractivity contribution in [1.82, 2.24) is 9.97 Å². The first-order valence-corrected chi connectivity index (χ1v) is 10.4. The van der Waals surface area contributed by atoms with Crippen LogP contribution in [0.25, 0.3) is 10.2 Å². The van der Waals surface area contributed by atoms with E-state index in [-0.39, 0.29) is 11.5 Å². The number of carbonyl (C=O) groups is 1. The first-order chi connectivity index (χ1) is 14.5. The summed E-state index contributed by atoms with van der Waals surface area (Å²) < 4.78 is 5.28. The van der Waals surface area contributed by atoms with E-state index in [9.17, 15) is 9.59 Å². The number of methoxy groups -OCH3 is 1. The number of carbonyl (C=O) groups excluding carboxylic acids is 1. The molecule has 2 aromatic heterocycles. The van der Waals surface area contributed by atoms with Crippen LogP contribution < -0.4 is 15.6 Å². The normalized spacial score (nSPS) is 10.9. The summed E-state index contributed by atoms with van der Waals surface area (Å²) in [4.78, 5) is 34.0. The Morgan fingerprint density at radius 1 is 1.20 bits per heavy atom. The first-order valence-electron chi connectivity index (χ1n) is 9.17. The second kappa shape index (κ2) is 8.30. The molecule has 6 nitrogen and oxygen atoms in total. The molecule has 0 atom stereocenters. The molecule has 2 aromatic carbocycles. The molecule has 0 saturated heterocycles. The number of benzene rings is 2. The van der Waals surface area contributed by atoms with Gasteiger partial charge in [0.05, 0.1) is 23.1 Å². The highest BCUT2D eigenvalue weighted by Crippen LogP contribution is 2.30. The van der Waals surface area contributed by atoms with Crippen LogP contribution in [0.1, 0.15) is 26.6 Å². The number of amides is 1. The summed E-state index contributed by atoms with van der Waals surface area (Å²) in [5.74, 6) is 0.789. The van der Waals surface area contributed by atoms with Crippen molar-refractivity contribution in [1.29, 1.82) is 0 Å². The fourth-order valence-electron chi connectivity index (χ4n) is 3.21. The summed E-state index contributed by atoms with van der Waals surface area (Å²) in [6.45, 7) is 1.76. The number of hydrogen-bond acceptors (Lipinski definition) is 5. The van der Waals surface area contributed by atoms with Crippen molar-refractivity contribution in [3.63, 3.8) is 0 Å². The highest BCUT2D eigenvalue weighted by molar-refractivity contribution is 7.20. The summed E-state index contributed by atoms with van der Waals surface area (Å²) in [6.07, 6.45) is 0.460. The van der Waals surface area contributed by atoms with Crippen molar-refractivity contribution in [3.8, 4) is 5.75 Å². The van der Waals surface area contributed by atoms with Crippen molar-refractivity contribution in [2.24, 2.45) is 0 Å². The summed E-state index contributed by atoms with van der Waals surface area (Å²) in [6, 6.07) is 14.5. The minimum absolute atomic E-state index is 0.256. The van der Waals surface area contributed by atoms with Gasteiger partial charge in [-0.15, -0.1) is 11.3 Å². The zero-order valence-corrected chi connectivity index (χ0v) is 17.9. The number of nitrogens with zero attached hydrogens (tertiary/aromatic N) is 1. The minimum atomic E-state index is -0.307. The molecule has 0 aliphatic carbocycles. The third-order valence-electron chi connectivity index (χ3n) is 4.70. The molecule has 0 radical (unpaired) electrons. The number of aromatic amines is 1. The molecule has 8 heteroatoms. The van der Waals surface area contributed by atoms with E-state index < -0.39 is 0 Å². The fourth-order valence-corrected chi connectivity index (χ4v) is 4.43. The fraction of sp³-hybridized carbons (Fsp3) is 0.136. The monoisotopic (exact) mass is 439 g/mol. The Morgan fingerprint density at radius 3 is 2.67 bits per heavy atom. The van der Waals surface area contributed by atoms with Crippen LogP contribution in [0.15, 0.2) is 53.3 Å². The molecule has 0 aliphatic heterocycles. The largest absolute Gasteiger partial charge is 0.495 e. The van der Waals surface area contributed by atoms with E-state index in [0.717, 1.165) is 5.56 Å². The van der Waals surface area contributed by atoms with Gasteiger partial charge in [-0.05, 0) is 42.3 Å². The van der Waals surface area contributed by atoms with Gasteiger partial charge >= 0.3 is 0 Å². The summed E-state index contributed by atoms with van der Waals surface area (Å²) >= 11 is 7.13. The Hall–Kier alpha value is -3.16. The van der Waals surface area contributed by atoms with Crippen molar-refractivity contribution < 1.29 is 9.53 Å². The van der Waals surface area contributed by atoms with Crippen LogP contribution >= 0.6 is 22.9 Å². The topological polar surface area (TPSA) is 84.1 Å². The maximum Gasteiger partial charge on any atom is 0.266 e. The van der Waals surface area contributed by atoms with Gasteiger partial charge in [0.25, 0.3) is 11.5 Å². The Labute approximate surface area is 181 Å². The van der Waals surface area contributed by atoms with Gasteiger partial charge in [-0.25, -0.2) is 4.98 Å². The molecular formula is C22H18ClN3O3S. The van der Waals surface area contributed by atoms with Gasteiger partial charge in [-0.2, -0.15) is 0 Å². The molecule has 0 unspecified atom stereocenters. The molecule has 4 aromatic rings. The van der Waals surface area contributed by atoms with Crippen molar-refractivity contribution in [2.45, 2.75) is 13.3 Å². The molecule has 2 heterocycles. The SMILES string of the molecule is COc1ccccc1NC(=O)c1sc2nc(Cc3ccc(Cl)cc3)[nH]c(=O)c2c1C. The summed E-state index contributed by atoms with van der Waals surface area (Å²) in [5.41, 5.74) is 1.89. The molecular weight excluding hydrogens is 422 g/mol. The van der Waals surface area contributed by atoms with Crippen LogP contribution in [0.2, 0.25) is 5.02 Å². The van der Waals surface area contributed by atoms with Crippen LogP contribution in [-0.2, 0) is 6.42 Å². The molecule has 0 saturated carbocycles. The minimum Gasteiger partial charge on any atom is -0.495 e. The number of ether oxygens (including phenoxy) is 1. The van der Waals surface area contributed by atoms with E-state index in [2.05, 4.69) is 15.3 Å². The van der Waals surface area contributed by atoms with Crippen LogP contribution in [0, 0.1) is 6.92 Å². The number of halogens is 1. The summed E-state index contributed by atoms with van der Waals surface area (Å²) in [7, 11) is 1.54. The van der Waals surface area contributed by atoms with Crippen LogP contribution in [0.3, 0.4) is 0 Å². The second-order valence-electron chi connectivity index (χ2n) is 6.71. The number of fused-ring (bicyclic) bond motifs is 1. The molecule has 2 N–H and O–H groups in total. The third-order valence-corrected chi connectivity index (χ3v) is 6.13. The van der Waals surface area contributed by atoms with Gasteiger partial charge in [0, 0.05) is 11.4 Å². The molecule has 0 fully saturated rings. The summed E-state index contributed by atoms with van der Waals surface area (Å²) in [5, 5.41) is 3.94. The predicted octanol–water partition coefficient (Wildman–Crippen LogP) is 4.80. The number of hydrogen-bond donors (Lipinski definition) is 2. The van der Waals surface area contributed by atoms with E-state index in [1.807, 2.05) is 24.3 Å². The van der Waals surface area contributed by atoms with Crippen LogP contribution in [0.5, 0.6) is 5.75 Å².